The molecule has 1 N–H and O–H groups in total. The Morgan fingerprint density at radius 3 is 2.34 bits per heavy atom. The van der Waals surface area contributed by atoms with E-state index in [1.54, 1.807) is 24.3 Å². The van der Waals surface area contributed by atoms with Crippen LogP contribution >= 0.6 is 15.9 Å². The minimum absolute atomic E-state index is 0.151. The van der Waals surface area contributed by atoms with Crippen molar-refractivity contribution in [3.05, 3.63) is 58.1 Å². The summed E-state index contributed by atoms with van der Waals surface area (Å²) in [6.45, 7) is 3.74. The van der Waals surface area contributed by atoms with Crippen molar-refractivity contribution in [1.29, 1.82) is 0 Å². The van der Waals surface area contributed by atoms with Crippen molar-refractivity contribution < 1.29 is 13.2 Å². The number of amides is 1. The third kappa shape index (κ3) is 5.47. The summed E-state index contributed by atoms with van der Waals surface area (Å²) in [4.78, 5) is 13.0. The molecule has 0 aliphatic heterocycles. The molecule has 0 unspecified atom stereocenters. The second kappa shape index (κ2) is 9.41. The van der Waals surface area contributed by atoms with Crippen LogP contribution in [-0.2, 0) is 14.8 Å². The van der Waals surface area contributed by atoms with E-state index in [1.807, 2.05) is 32.0 Å². The third-order valence-corrected chi connectivity index (χ3v) is 7.80. The second-order valence-electron chi connectivity index (χ2n) is 7.66. The lowest BCUT2D eigenvalue weighted by atomic mass is 9.95. The number of sulfonamides is 1. The number of benzene rings is 2. The molecule has 5 nitrogen and oxygen atoms in total. The average Bonchev–Trinajstić information content (AvgIpc) is 2.69. The van der Waals surface area contributed by atoms with Crippen molar-refractivity contribution in [2.45, 2.75) is 56.9 Å². The fourth-order valence-electron chi connectivity index (χ4n) is 3.81. The fraction of sp³-hybridized carbons (Fsp3) is 0.409. The second-order valence-corrected chi connectivity index (χ2v) is 10.5. The summed E-state index contributed by atoms with van der Waals surface area (Å²) in [5.74, 6) is -0.316. The highest BCUT2D eigenvalue weighted by atomic mass is 79.9. The molecule has 0 aromatic heterocycles. The van der Waals surface area contributed by atoms with Crippen LogP contribution in [0.5, 0.6) is 0 Å². The normalized spacial score (nSPS) is 15.4. The van der Waals surface area contributed by atoms with Crippen LogP contribution in [0.15, 0.2) is 51.8 Å². The van der Waals surface area contributed by atoms with Gasteiger partial charge in [0.25, 0.3) is 0 Å². The van der Waals surface area contributed by atoms with Crippen molar-refractivity contribution in [3.63, 3.8) is 0 Å². The maximum Gasteiger partial charge on any atom is 0.243 e. The number of nitrogens with zero attached hydrogens (tertiary/aromatic N) is 1. The molecule has 2 aromatic carbocycles. The van der Waals surface area contributed by atoms with Gasteiger partial charge in [0, 0.05) is 16.2 Å². The number of carbonyl (C=O) groups excluding carboxylic acids is 1. The number of hydrogen-bond donors (Lipinski definition) is 1. The molecule has 0 saturated heterocycles. The van der Waals surface area contributed by atoms with Crippen molar-refractivity contribution in [2.24, 2.45) is 0 Å². The molecule has 1 fully saturated rings. The highest BCUT2D eigenvalue weighted by Crippen LogP contribution is 2.28. The van der Waals surface area contributed by atoms with Crippen LogP contribution in [0.4, 0.5) is 5.69 Å². The third-order valence-electron chi connectivity index (χ3n) is 5.36. The van der Waals surface area contributed by atoms with Gasteiger partial charge in [0.15, 0.2) is 0 Å². The highest BCUT2D eigenvalue weighted by Gasteiger charge is 2.34. The summed E-state index contributed by atoms with van der Waals surface area (Å²) < 4.78 is 29.0. The number of nitrogens with one attached hydrogen (secondary N) is 1. The first-order valence-corrected chi connectivity index (χ1v) is 12.2. The summed E-state index contributed by atoms with van der Waals surface area (Å²) in [7, 11) is -3.77. The number of anilines is 1. The lowest BCUT2D eigenvalue weighted by Gasteiger charge is -2.33. The van der Waals surface area contributed by atoms with Gasteiger partial charge < -0.3 is 5.32 Å². The van der Waals surface area contributed by atoms with Crippen molar-refractivity contribution >= 4 is 37.5 Å². The predicted molar refractivity (Wildman–Crippen MR) is 119 cm³/mol. The Bertz CT molecular complexity index is 968. The predicted octanol–water partition coefficient (Wildman–Crippen LogP) is 5.03. The van der Waals surface area contributed by atoms with Gasteiger partial charge in [-0.2, -0.15) is 4.31 Å². The summed E-state index contributed by atoms with van der Waals surface area (Å²) in [6, 6.07) is 12.2. The Hall–Kier alpha value is -1.70. The number of hydrogen-bond acceptors (Lipinski definition) is 3. The zero-order chi connectivity index (χ0) is 21.0. The first-order chi connectivity index (χ1) is 13.8. The molecule has 1 amide bonds. The first kappa shape index (κ1) is 22.0. The lowest BCUT2D eigenvalue weighted by molar-refractivity contribution is -0.116. The Labute approximate surface area is 181 Å². The Kier molecular flexibility index (Phi) is 7.14. The van der Waals surface area contributed by atoms with Gasteiger partial charge in [-0.3, -0.25) is 4.79 Å². The molecule has 0 atom stereocenters. The number of halogens is 1. The first-order valence-electron chi connectivity index (χ1n) is 9.92. The van der Waals surface area contributed by atoms with Crippen LogP contribution < -0.4 is 5.32 Å². The quantitative estimate of drug-likeness (QED) is 0.632. The lowest BCUT2D eigenvalue weighted by Crippen LogP contribution is -2.45. The van der Waals surface area contributed by atoms with E-state index in [0.29, 0.717) is 5.69 Å². The fourth-order valence-corrected chi connectivity index (χ4v) is 5.71. The van der Waals surface area contributed by atoms with Crippen LogP contribution in [0, 0.1) is 13.8 Å². The van der Waals surface area contributed by atoms with Crippen molar-refractivity contribution in [2.75, 3.05) is 11.9 Å². The molecule has 0 bridgehead atoms. The molecule has 1 aliphatic rings. The molecule has 29 heavy (non-hydrogen) atoms. The average molecular weight is 479 g/mol. The Balaban J connectivity index is 1.85. The van der Waals surface area contributed by atoms with Crippen molar-refractivity contribution in [3.8, 4) is 0 Å². The van der Waals surface area contributed by atoms with Gasteiger partial charge in [0.1, 0.15) is 0 Å². The van der Waals surface area contributed by atoms with Gasteiger partial charge in [0.05, 0.1) is 11.4 Å². The van der Waals surface area contributed by atoms with Gasteiger partial charge in [-0.05, 0) is 62.6 Å². The molecule has 7 heteroatoms. The van der Waals surface area contributed by atoms with Crippen molar-refractivity contribution in [1.82, 2.24) is 4.31 Å². The topological polar surface area (TPSA) is 66.5 Å². The molecule has 0 radical (unpaired) electrons. The highest BCUT2D eigenvalue weighted by molar-refractivity contribution is 9.10. The molecular formula is C22H27BrN2O3S. The molecule has 1 saturated carbocycles. The molecule has 2 aromatic rings. The van der Waals surface area contributed by atoms with Gasteiger partial charge in [-0.1, -0.05) is 52.9 Å². The van der Waals surface area contributed by atoms with Crippen LogP contribution in [0.1, 0.15) is 43.2 Å². The van der Waals surface area contributed by atoms with Gasteiger partial charge in [-0.25, -0.2) is 8.42 Å². The zero-order valence-corrected chi connectivity index (χ0v) is 19.2. The summed E-state index contributed by atoms with van der Waals surface area (Å²) in [6.07, 6.45) is 4.64. The molecule has 0 spiro atoms. The molecule has 1 aliphatic carbocycles. The SMILES string of the molecule is Cc1ccc(NC(=O)CN(C2CCCCC2)S(=O)(=O)c2ccc(Br)cc2)c(C)c1. The van der Waals surface area contributed by atoms with E-state index in [9.17, 15) is 13.2 Å². The standard InChI is InChI=1S/C22H27BrN2O3S/c1-16-8-13-21(17(2)14-16)24-22(26)15-25(19-6-4-3-5-7-19)29(27,28)20-11-9-18(23)10-12-20/h8-14,19H,3-7,15H2,1-2H3,(H,24,26). The van der Waals surface area contributed by atoms with Gasteiger partial charge in [0.2, 0.25) is 15.9 Å². The van der Waals surface area contributed by atoms with Crippen LogP contribution in [0.2, 0.25) is 0 Å². The van der Waals surface area contributed by atoms with Crippen LogP contribution in [0.3, 0.4) is 0 Å². The number of rotatable bonds is 6. The molecule has 0 heterocycles. The Morgan fingerprint density at radius 2 is 1.72 bits per heavy atom. The molecule has 156 valence electrons. The maximum absolute atomic E-state index is 13.4. The summed E-state index contributed by atoms with van der Waals surface area (Å²) in [5.41, 5.74) is 2.78. The zero-order valence-electron chi connectivity index (χ0n) is 16.8. The van der Waals surface area contributed by atoms with E-state index in [0.717, 1.165) is 47.7 Å². The van der Waals surface area contributed by atoms with E-state index in [1.165, 1.54) is 4.31 Å². The summed E-state index contributed by atoms with van der Waals surface area (Å²) in [5, 5.41) is 2.89. The minimum atomic E-state index is -3.77. The monoisotopic (exact) mass is 478 g/mol. The van der Waals surface area contributed by atoms with E-state index in [4.69, 9.17) is 0 Å². The Morgan fingerprint density at radius 1 is 1.07 bits per heavy atom. The van der Waals surface area contributed by atoms with E-state index in [2.05, 4.69) is 21.2 Å². The maximum atomic E-state index is 13.4. The number of aryl methyl sites for hydroxylation is 2. The van der Waals surface area contributed by atoms with Gasteiger partial charge >= 0.3 is 0 Å². The van der Waals surface area contributed by atoms with Crippen LogP contribution in [-0.4, -0.2) is 31.2 Å². The molecular weight excluding hydrogens is 452 g/mol. The van der Waals surface area contributed by atoms with E-state index >= 15 is 0 Å². The van der Waals surface area contributed by atoms with E-state index in [-0.39, 0.29) is 23.4 Å². The smallest absolute Gasteiger partial charge is 0.243 e. The number of carbonyl (C=O) groups is 1. The largest absolute Gasteiger partial charge is 0.325 e. The van der Waals surface area contributed by atoms with E-state index < -0.39 is 10.0 Å². The van der Waals surface area contributed by atoms with Gasteiger partial charge in [-0.15, -0.1) is 0 Å². The summed E-state index contributed by atoms with van der Waals surface area (Å²) >= 11 is 3.34. The minimum Gasteiger partial charge on any atom is -0.325 e. The molecule has 3 rings (SSSR count). The van der Waals surface area contributed by atoms with Crippen LogP contribution in [0.25, 0.3) is 0 Å².